The summed E-state index contributed by atoms with van der Waals surface area (Å²) < 4.78 is 32.9. The molecule has 1 unspecified atom stereocenters. The molecule has 1 aliphatic heterocycles. The Kier molecular flexibility index (Phi) is 5.18. The number of aliphatic imine (C=N–C) groups is 1. The Bertz CT molecular complexity index is 901. The molecule has 6 nitrogen and oxygen atoms in total. The van der Waals surface area contributed by atoms with Gasteiger partial charge in [-0.1, -0.05) is 18.2 Å². The van der Waals surface area contributed by atoms with Crippen molar-refractivity contribution in [2.75, 3.05) is 18.5 Å². The van der Waals surface area contributed by atoms with Crippen LogP contribution in [0.25, 0.3) is 0 Å². The molecule has 1 aromatic carbocycles. The first kappa shape index (κ1) is 18.9. The summed E-state index contributed by atoms with van der Waals surface area (Å²) in [5.74, 6) is -0.408. The fraction of sp³-hybridized carbons (Fsp3) is 0.316. The van der Waals surface area contributed by atoms with Crippen LogP contribution in [0.3, 0.4) is 0 Å². The molecule has 2 heterocycles. The number of hydrogen-bond donors (Lipinski definition) is 2. The number of anilines is 1. The van der Waals surface area contributed by atoms with Gasteiger partial charge in [-0.2, -0.15) is 0 Å². The van der Waals surface area contributed by atoms with Crippen molar-refractivity contribution in [3.05, 3.63) is 58.9 Å². The van der Waals surface area contributed by atoms with Crippen LogP contribution in [0.5, 0.6) is 0 Å². The van der Waals surface area contributed by atoms with Crippen LogP contribution in [-0.2, 0) is 10.3 Å². The highest BCUT2D eigenvalue weighted by atomic mass is 19.3. The summed E-state index contributed by atoms with van der Waals surface area (Å²) in [6.45, 7) is 3.39. The number of nitrogens with two attached hydrogens (primary N) is 1. The number of ether oxygens (including phenoxy) is 1. The Morgan fingerprint density at radius 1 is 1.33 bits per heavy atom. The lowest BCUT2D eigenvalue weighted by atomic mass is 9.90. The van der Waals surface area contributed by atoms with Crippen molar-refractivity contribution in [3.8, 4) is 0 Å². The number of pyridine rings is 1. The van der Waals surface area contributed by atoms with Gasteiger partial charge in [0.15, 0.2) is 5.54 Å². The first-order valence-corrected chi connectivity index (χ1v) is 8.37. The van der Waals surface area contributed by atoms with Crippen LogP contribution in [0.2, 0.25) is 0 Å². The Hall–Kier alpha value is -2.87. The van der Waals surface area contributed by atoms with Crippen LogP contribution >= 0.6 is 0 Å². The summed E-state index contributed by atoms with van der Waals surface area (Å²) in [4.78, 5) is 20.6. The van der Waals surface area contributed by atoms with Gasteiger partial charge in [-0.25, -0.2) is 8.78 Å². The molecule has 0 saturated heterocycles. The maximum absolute atomic E-state index is 13.8. The molecule has 0 radical (unpaired) electrons. The van der Waals surface area contributed by atoms with E-state index in [1.165, 1.54) is 12.1 Å². The van der Waals surface area contributed by atoms with Crippen molar-refractivity contribution in [1.82, 2.24) is 4.98 Å². The molecule has 0 spiro atoms. The van der Waals surface area contributed by atoms with E-state index in [0.717, 1.165) is 11.1 Å². The second kappa shape index (κ2) is 7.40. The smallest absolute Gasteiger partial charge is 0.274 e. The highest BCUT2D eigenvalue weighted by molar-refractivity contribution is 6.03. The molecule has 0 fully saturated rings. The molecule has 27 heavy (non-hydrogen) atoms. The number of nitrogens with zero attached hydrogens (tertiary/aromatic N) is 2. The number of amides is 1. The Morgan fingerprint density at radius 2 is 2.11 bits per heavy atom. The minimum atomic E-state index is -2.82. The highest BCUT2D eigenvalue weighted by Crippen LogP contribution is 2.36. The summed E-state index contributed by atoms with van der Waals surface area (Å²) in [6.07, 6.45) is -1.22. The van der Waals surface area contributed by atoms with Gasteiger partial charge in [0.1, 0.15) is 18.1 Å². The van der Waals surface area contributed by atoms with Crippen LogP contribution in [0.15, 0.2) is 41.5 Å². The van der Waals surface area contributed by atoms with Crippen molar-refractivity contribution >= 4 is 17.4 Å². The van der Waals surface area contributed by atoms with Gasteiger partial charge < -0.3 is 15.8 Å². The summed E-state index contributed by atoms with van der Waals surface area (Å²) >= 11 is 0. The van der Waals surface area contributed by atoms with Gasteiger partial charge in [0.05, 0.1) is 6.61 Å². The first-order valence-electron chi connectivity index (χ1n) is 8.37. The van der Waals surface area contributed by atoms with Gasteiger partial charge in [-0.3, -0.25) is 14.8 Å². The maximum Gasteiger partial charge on any atom is 0.274 e. The number of carbonyl (C=O) groups is 1. The average molecular weight is 374 g/mol. The molecule has 1 aliphatic rings. The number of alkyl halides is 2. The van der Waals surface area contributed by atoms with Crippen molar-refractivity contribution < 1.29 is 18.3 Å². The van der Waals surface area contributed by atoms with E-state index in [1.54, 1.807) is 25.3 Å². The lowest BCUT2D eigenvalue weighted by molar-refractivity contribution is -0.0129. The van der Waals surface area contributed by atoms with Crippen molar-refractivity contribution in [2.45, 2.75) is 25.8 Å². The number of rotatable bonds is 4. The van der Waals surface area contributed by atoms with E-state index in [4.69, 9.17) is 10.5 Å². The number of carbonyl (C=O) groups excluding carboxylic acids is 1. The highest BCUT2D eigenvalue weighted by Gasteiger charge is 2.44. The number of halogens is 2. The number of benzene rings is 1. The quantitative estimate of drug-likeness (QED) is 0.861. The summed E-state index contributed by atoms with van der Waals surface area (Å²) in [6, 6.07) is 8.01. The third kappa shape index (κ3) is 3.80. The van der Waals surface area contributed by atoms with Crippen molar-refractivity contribution in [3.63, 3.8) is 0 Å². The van der Waals surface area contributed by atoms with E-state index in [9.17, 15) is 13.6 Å². The van der Waals surface area contributed by atoms with Crippen molar-refractivity contribution in [1.29, 1.82) is 0 Å². The number of aromatic nitrogens is 1. The van der Waals surface area contributed by atoms with E-state index in [1.807, 2.05) is 13.0 Å². The number of aryl methyl sites for hydroxylation is 2. The zero-order chi connectivity index (χ0) is 19.6. The molecule has 3 N–H and O–H groups in total. The number of nitrogens with one attached hydrogen (secondary N) is 1. The van der Waals surface area contributed by atoms with Crippen LogP contribution in [0.4, 0.5) is 14.5 Å². The molecule has 0 bridgehead atoms. The third-order valence-electron chi connectivity index (χ3n) is 4.33. The molecule has 8 heteroatoms. The van der Waals surface area contributed by atoms with E-state index in [2.05, 4.69) is 15.3 Å². The van der Waals surface area contributed by atoms with E-state index < -0.39 is 17.9 Å². The predicted molar refractivity (Wildman–Crippen MR) is 98.2 cm³/mol. The van der Waals surface area contributed by atoms with Gasteiger partial charge in [0, 0.05) is 11.9 Å². The van der Waals surface area contributed by atoms with Crippen LogP contribution < -0.4 is 11.1 Å². The molecular formula is C19H20F2N4O2. The molecule has 3 rings (SSSR count). The lowest BCUT2D eigenvalue weighted by Gasteiger charge is -2.33. The summed E-state index contributed by atoms with van der Waals surface area (Å²) in [7, 11) is 0. The monoisotopic (exact) mass is 374 g/mol. The van der Waals surface area contributed by atoms with E-state index >= 15 is 0 Å². The topological polar surface area (TPSA) is 89.6 Å². The summed E-state index contributed by atoms with van der Waals surface area (Å²) in [5.41, 5.74) is 6.25. The first-order chi connectivity index (χ1) is 12.8. The summed E-state index contributed by atoms with van der Waals surface area (Å²) in [5, 5.41) is 2.70. The van der Waals surface area contributed by atoms with E-state index in [0.29, 0.717) is 5.69 Å². The second-order valence-corrected chi connectivity index (χ2v) is 6.53. The zero-order valence-corrected chi connectivity index (χ0v) is 15.0. The normalized spacial score (nSPS) is 19.7. The molecule has 0 aliphatic carbocycles. The minimum absolute atomic E-state index is 0.00969. The Labute approximate surface area is 155 Å². The number of hydrogen-bond acceptors (Lipinski definition) is 5. The van der Waals surface area contributed by atoms with Crippen LogP contribution in [0, 0.1) is 13.8 Å². The molecule has 2 aromatic rings. The van der Waals surface area contributed by atoms with E-state index in [-0.39, 0.29) is 30.3 Å². The minimum Gasteiger partial charge on any atom is -0.385 e. The van der Waals surface area contributed by atoms with Crippen molar-refractivity contribution in [2.24, 2.45) is 10.7 Å². The zero-order valence-electron chi connectivity index (χ0n) is 15.0. The second-order valence-electron chi connectivity index (χ2n) is 6.53. The third-order valence-corrected chi connectivity index (χ3v) is 4.33. The molecule has 142 valence electrons. The molecule has 1 amide bonds. The molecule has 1 atom stereocenters. The largest absolute Gasteiger partial charge is 0.385 e. The Balaban J connectivity index is 1.91. The average Bonchev–Trinajstić information content (AvgIpc) is 2.61. The lowest BCUT2D eigenvalue weighted by Crippen LogP contribution is -2.44. The maximum atomic E-state index is 13.8. The van der Waals surface area contributed by atoms with Gasteiger partial charge in [0.2, 0.25) is 0 Å². The number of amidine groups is 1. The fourth-order valence-corrected chi connectivity index (χ4v) is 3.03. The SMILES string of the molecule is Cc1cnc(C(=O)Nc2cccc(C3(C(F)F)COCC(N)=N3)c2)c(C)c1. The fourth-order valence-electron chi connectivity index (χ4n) is 3.03. The van der Waals surface area contributed by atoms with Gasteiger partial charge in [0.25, 0.3) is 12.3 Å². The van der Waals surface area contributed by atoms with Gasteiger partial charge in [-0.05, 0) is 42.7 Å². The Morgan fingerprint density at radius 3 is 2.78 bits per heavy atom. The molecule has 0 saturated carbocycles. The van der Waals surface area contributed by atoms with Crippen LogP contribution in [0.1, 0.15) is 27.2 Å². The van der Waals surface area contributed by atoms with Gasteiger partial charge >= 0.3 is 0 Å². The van der Waals surface area contributed by atoms with Gasteiger partial charge in [-0.15, -0.1) is 0 Å². The molecular weight excluding hydrogens is 354 g/mol. The standard InChI is InChI=1S/C19H20F2N4O2/c1-11-6-12(2)16(23-8-11)17(26)24-14-5-3-4-13(7-14)19(18(20)21)10-27-9-15(22)25-19/h3-8,18H,9-10H2,1-2H3,(H2,22,25)(H,24,26). The van der Waals surface area contributed by atoms with Crippen LogP contribution in [-0.4, -0.2) is 36.4 Å². The molecule has 1 aromatic heterocycles. The predicted octanol–water partition coefficient (Wildman–Crippen LogP) is 2.80.